The van der Waals surface area contributed by atoms with Crippen molar-refractivity contribution in [1.29, 1.82) is 0 Å². The number of quaternary nitrogens is 1. The van der Waals surface area contributed by atoms with Gasteiger partial charge in [-0.15, -0.1) is 0 Å². The van der Waals surface area contributed by atoms with Gasteiger partial charge >= 0.3 is 0 Å². The Kier molecular flexibility index (Phi) is 6.08. The smallest absolute Gasteiger partial charge is 0.253 e. The number of carbonyl (C=O) groups is 2. The fraction of sp³-hybridized carbons (Fsp3) is 0.556. The minimum absolute atomic E-state index is 0.131. The number of piperazine rings is 1. The van der Waals surface area contributed by atoms with Gasteiger partial charge in [-0.05, 0) is 19.1 Å². The van der Waals surface area contributed by atoms with Gasteiger partial charge in [0, 0.05) is 6.42 Å². The van der Waals surface area contributed by atoms with Gasteiger partial charge in [0.15, 0.2) is 9.84 Å². The third-order valence-electron chi connectivity index (χ3n) is 5.36. The van der Waals surface area contributed by atoms with Crippen molar-refractivity contribution in [3.05, 3.63) is 34.9 Å². The Hall–Kier alpha value is -1.64. The molecule has 0 saturated carbocycles. The van der Waals surface area contributed by atoms with Gasteiger partial charge < -0.3 is 15.1 Å². The number of hydrogen-bond acceptors (Lipinski definition) is 4. The molecule has 1 aromatic carbocycles. The van der Waals surface area contributed by atoms with Crippen LogP contribution >= 0.6 is 11.6 Å². The van der Waals surface area contributed by atoms with Crippen molar-refractivity contribution >= 4 is 33.3 Å². The zero-order chi connectivity index (χ0) is 19.6. The van der Waals surface area contributed by atoms with Crippen LogP contribution in [0.5, 0.6) is 0 Å². The number of carbonyl (C=O) groups excluding carboxylic acids is 2. The van der Waals surface area contributed by atoms with Crippen molar-refractivity contribution in [1.82, 2.24) is 10.2 Å². The van der Waals surface area contributed by atoms with Crippen molar-refractivity contribution in [2.45, 2.75) is 25.4 Å². The van der Waals surface area contributed by atoms with E-state index in [2.05, 4.69) is 5.32 Å². The maximum Gasteiger partial charge on any atom is 0.253 e. The number of nitrogens with one attached hydrogen (secondary N) is 2. The molecule has 3 rings (SSSR count). The molecule has 0 aromatic heterocycles. The van der Waals surface area contributed by atoms with Crippen molar-refractivity contribution < 1.29 is 22.9 Å². The summed E-state index contributed by atoms with van der Waals surface area (Å²) < 4.78 is 23.3. The summed E-state index contributed by atoms with van der Waals surface area (Å²) >= 11 is 6.03. The van der Waals surface area contributed by atoms with Gasteiger partial charge in [-0.2, -0.15) is 0 Å². The SMILES string of the molecule is C[C@H](NC(=O)c1ccccc1Cl)C(=O)N1CC[NH+]([C@H]2CCS(=O)(=O)C2)CC1. The number of halogens is 1. The Morgan fingerprint density at radius 2 is 1.93 bits per heavy atom. The molecule has 0 radical (unpaired) electrons. The predicted molar refractivity (Wildman–Crippen MR) is 103 cm³/mol. The van der Waals surface area contributed by atoms with Gasteiger partial charge in [-0.3, -0.25) is 9.59 Å². The number of amides is 2. The van der Waals surface area contributed by atoms with E-state index in [0.717, 1.165) is 13.1 Å². The lowest BCUT2D eigenvalue weighted by molar-refractivity contribution is -0.925. The second-order valence-electron chi connectivity index (χ2n) is 7.26. The molecule has 2 atom stereocenters. The van der Waals surface area contributed by atoms with E-state index in [4.69, 9.17) is 11.6 Å². The quantitative estimate of drug-likeness (QED) is 0.687. The van der Waals surface area contributed by atoms with E-state index in [1.807, 2.05) is 0 Å². The van der Waals surface area contributed by atoms with E-state index in [1.165, 1.54) is 4.90 Å². The molecule has 148 valence electrons. The summed E-state index contributed by atoms with van der Waals surface area (Å²) in [5, 5.41) is 3.06. The van der Waals surface area contributed by atoms with Crippen LogP contribution in [0.15, 0.2) is 24.3 Å². The van der Waals surface area contributed by atoms with Crippen LogP contribution in [0, 0.1) is 0 Å². The molecule has 2 fully saturated rings. The van der Waals surface area contributed by atoms with E-state index in [-0.39, 0.29) is 29.4 Å². The molecular formula is C18H25ClN3O4S+. The lowest BCUT2D eigenvalue weighted by Gasteiger charge is -2.36. The molecule has 9 heteroatoms. The van der Waals surface area contributed by atoms with Crippen molar-refractivity contribution in [3.63, 3.8) is 0 Å². The molecule has 0 unspecified atom stereocenters. The maximum absolute atomic E-state index is 12.7. The molecule has 2 heterocycles. The van der Waals surface area contributed by atoms with E-state index in [9.17, 15) is 18.0 Å². The van der Waals surface area contributed by atoms with Gasteiger partial charge in [0.2, 0.25) is 5.91 Å². The van der Waals surface area contributed by atoms with Crippen LogP contribution in [0.1, 0.15) is 23.7 Å². The van der Waals surface area contributed by atoms with Crippen molar-refractivity contribution in [2.75, 3.05) is 37.7 Å². The van der Waals surface area contributed by atoms with Crippen molar-refractivity contribution in [2.24, 2.45) is 0 Å². The van der Waals surface area contributed by atoms with Crippen LogP contribution in [0.25, 0.3) is 0 Å². The summed E-state index contributed by atoms with van der Waals surface area (Å²) in [6.45, 7) is 4.27. The Bertz CT molecular complexity index is 822. The maximum atomic E-state index is 12.7. The first-order chi connectivity index (χ1) is 12.8. The number of sulfone groups is 1. The van der Waals surface area contributed by atoms with Crippen LogP contribution in [-0.4, -0.2) is 74.9 Å². The second-order valence-corrected chi connectivity index (χ2v) is 9.89. The summed E-state index contributed by atoms with van der Waals surface area (Å²) in [4.78, 5) is 28.0. The molecule has 2 N–H and O–H groups in total. The molecule has 0 spiro atoms. The van der Waals surface area contributed by atoms with Gasteiger partial charge in [-0.1, -0.05) is 23.7 Å². The fourth-order valence-corrected chi connectivity index (χ4v) is 5.84. The molecule has 2 aliphatic rings. The number of hydrogen-bond donors (Lipinski definition) is 2. The van der Waals surface area contributed by atoms with Crippen LogP contribution in [0.3, 0.4) is 0 Å². The first-order valence-electron chi connectivity index (χ1n) is 9.16. The Morgan fingerprint density at radius 3 is 2.52 bits per heavy atom. The first-order valence-corrected chi connectivity index (χ1v) is 11.4. The van der Waals surface area contributed by atoms with Gasteiger partial charge in [-0.25, -0.2) is 8.42 Å². The zero-order valence-corrected chi connectivity index (χ0v) is 16.9. The van der Waals surface area contributed by atoms with E-state index >= 15 is 0 Å². The summed E-state index contributed by atoms with van der Waals surface area (Å²) in [6, 6.07) is 6.21. The topological polar surface area (TPSA) is 88.0 Å². The molecular weight excluding hydrogens is 390 g/mol. The summed E-state index contributed by atoms with van der Waals surface area (Å²) in [5.74, 6) is 0.0190. The van der Waals surface area contributed by atoms with E-state index in [1.54, 1.807) is 36.1 Å². The molecule has 27 heavy (non-hydrogen) atoms. The number of benzene rings is 1. The van der Waals surface area contributed by atoms with Crippen LogP contribution < -0.4 is 10.2 Å². The average Bonchev–Trinajstić information content (AvgIpc) is 3.01. The Balaban J connectivity index is 1.51. The normalized spacial score (nSPS) is 23.8. The van der Waals surface area contributed by atoms with Gasteiger partial charge in [0.25, 0.3) is 5.91 Å². The Morgan fingerprint density at radius 1 is 1.26 bits per heavy atom. The number of nitrogens with zero attached hydrogens (tertiary/aromatic N) is 1. The van der Waals surface area contributed by atoms with E-state index in [0.29, 0.717) is 30.1 Å². The molecule has 0 bridgehead atoms. The van der Waals surface area contributed by atoms with Crippen molar-refractivity contribution in [3.8, 4) is 0 Å². The van der Waals surface area contributed by atoms with Crippen LogP contribution in [0.2, 0.25) is 5.02 Å². The third kappa shape index (κ3) is 4.80. The minimum atomic E-state index is -2.89. The highest BCUT2D eigenvalue weighted by atomic mass is 35.5. The average molecular weight is 415 g/mol. The number of rotatable bonds is 4. The molecule has 1 aromatic rings. The standard InChI is InChI=1S/C18H24ClN3O4S/c1-13(20-17(23)15-4-2-3-5-16(15)19)18(24)22-9-7-21(8-10-22)14-6-11-27(25,26)12-14/h2-5,13-14H,6-12H2,1H3,(H,20,23)/p+1/t13-,14-/m0/s1. The Labute approximate surface area is 164 Å². The fourth-order valence-electron chi connectivity index (χ4n) is 3.79. The van der Waals surface area contributed by atoms with Gasteiger partial charge in [0.1, 0.15) is 17.8 Å². The lowest BCUT2D eigenvalue weighted by atomic mass is 10.1. The first kappa shape index (κ1) is 20.1. The lowest BCUT2D eigenvalue weighted by Crippen LogP contribution is -3.18. The highest BCUT2D eigenvalue weighted by Gasteiger charge is 2.38. The molecule has 7 nitrogen and oxygen atoms in total. The highest BCUT2D eigenvalue weighted by Crippen LogP contribution is 2.15. The van der Waals surface area contributed by atoms with Crippen LogP contribution in [-0.2, 0) is 14.6 Å². The minimum Gasteiger partial charge on any atom is -0.340 e. The van der Waals surface area contributed by atoms with E-state index < -0.39 is 15.9 Å². The zero-order valence-electron chi connectivity index (χ0n) is 15.3. The van der Waals surface area contributed by atoms with Crippen LogP contribution in [0.4, 0.5) is 0 Å². The molecule has 0 aliphatic carbocycles. The summed E-state index contributed by atoms with van der Waals surface area (Å²) in [7, 11) is -2.89. The highest BCUT2D eigenvalue weighted by molar-refractivity contribution is 7.91. The third-order valence-corrected chi connectivity index (χ3v) is 7.46. The molecule has 2 amide bonds. The monoisotopic (exact) mass is 414 g/mol. The summed E-state index contributed by atoms with van der Waals surface area (Å²) in [6.07, 6.45) is 0.704. The van der Waals surface area contributed by atoms with Gasteiger partial charge in [0.05, 0.1) is 42.5 Å². The molecule has 2 saturated heterocycles. The predicted octanol–water partition coefficient (Wildman–Crippen LogP) is -0.627. The summed E-state index contributed by atoms with van der Waals surface area (Å²) in [5.41, 5.74) is 0.343. The second kappa shape index (κ2) is 8.16. The molecule has 2 aliphatic heterocycles. The largest absolute Gasteiger partial charge is 0.340 e.